The van der Waals surface area contributed by atoms with E-state index in [-0.39, 0.29) is 6.61 Å². The SMILES string of the molecule is CCCCCCOc1cc(-c2c3nc(c(-c4cc(OCCCCCC)c(OCCCCCC)c(OCCCCCC)c4)c4ccc([nH]4)c(-c4cc(OCCCCCC)c(OCCCCCC)c(OCCCCCC)c4)c4nc(c(-c5ccc(OCCCCCCCCCCCCOS(C)(=O)=O)cc5)c5ccc2[nH]5)C=C4)C=C3)cc(OCCCCCC)c1OCCCCCC. The van der Waals surface area contributed by atoms with E-state index < -0.39 is 10.1 Å². The molecule has 9 rings (SSSR count). The van der Waals surface area contributed by atoms with Gasteiger partial charge in [0.2, 0.25) is 17.2 Å². The summed E-state index contributed by atoms with van der Waals surface area (Å²) in [6.07, 6.45) is 58.5. The van der Waals surface area contributed by atoms with Gasteiger partial charge < -0.3 is 57.3 Å². The highest BCUT2D eigenvalue weighted by Crippen LogP contribution is 2.50. The zero-order chi connectivity index (χ0) is 91.2. The lowest BCUT2D eigenvalue weighted by molar-refractivity contribution is 0.234. The summed E-state index contributed by atoms with van der Waals surface area (Å²) in [6, 6.07) is 30.4. The predicted molar refractivity (Wildman–Crippen MR) is 540 cm³/mol. The molecule has 5 heterocycles. The van der Waals surface area contributed by atoms with Crippen molar-refractivity contribution in [3.63, 3.8) is 0 Å². The molecule has 0 radical (unpaired) electrons. The zero-order valence-corrected chi connectivity index (χ0v) is 82.1. The first-order valence-electron chi connectivity index (χ1n) is 51.3. The number of nitrogens with zero attached hydrogens (tertiary/aromatic N) is 2. The van der Waals surface area contributed by atoms with Gasteiger partial charge in [0.15, 0.2) is 34.5 Å². The van der Waals surface area contributed by atoms with Gasteiger partial charge in [0.25, 0.3) is 10.1 Å². The fraction of sp³-hybridized carbons (Fsp3) is 0.604. The minimum absolute atomic E-state index is 0.266. The van der Waals surface area contributed by atoms with Crippen molar-refractivity contribution < 1.29 is 60.0 Å². The molecule has 0 unspecified atom stereocenters. The number of rotatable bonds is 73. The number of ether oxygens (including phenoxy) is 10. The van der Waals surface area contributed by atoms with Gasteiger partial charge in [-0.15, -0.1) is 0 Å². The average Bonchev–Trinajstić information content (AvgIpc) is 1.62. The van der Waals surface area contributed by atoms with E-state index >= 15 is 0 Å². The Kier molecular flexibility index (Phi) is 49.4. The first kappa shape index (κ1) is 104. The topological polar surface area (TPSA) is 193 Å². The quantitative estimate of drug-likeness (QED) is 0.0270. The van der Waals surface area contributed by atoms with Crippen LogP contribution in [0.4, 0.5) is 0 Å². The van der Waals surface area contributed by atoms with Crippen molar-refractivity contribution in [3.05, 3.63) is 108 Å². The van der Waals surface area contributed by atoms with E-state index in [9.17, 15) is 8.42 Å². The molecule has 0 fully saturated rings. The smallest absolute Gasteiger partial charge is 0.264 e. The van der Waals surface area contributed by atoms with Gasteiger partial charge in [-0.2, -0.15) is 8.42 Å². The molecule has 129 heavy (non-hydrogen) atoms. The third kappa shape index (κ3) is 35.8. The molecule has 7 aromatic rings. The predicted octanol–water partition coefficient (Wildman–Crippen LogP) is 32.2. The largest absolute Gasteiger partial charge is 0.494 e. The van der Waals surface area contributed by atoms with Crippen molar-refractivity contribution >= 4 is 56.5 Å². The van der Waals surface area contributed by atoms with Crippen LogP contribution < -0.4 is 47.4 Å². The van der Waals surface area contributed by atoms with Gasteiger partial charge in [-0.05, 0) is 190 Å². The lowest BCUT2D eigenvalue weighted by Gasteiger charge is -2.20. The van der Waals surface area contributed by atoms with Gasteiger partial charge in [0.05, 0.1) is 102 Å². The number of nitrogens with one attached hydrogen (secondary N) is 2. The molecule has 2 N–H and O–H groups in total. The fourth-order valence-electron chi connectivity index (χ4n) is 16.8. The molecular weight excluding hydrogens is 1630 g/mol. The van der Waals surface area contributed by atoms with E-state index in [1.54, 1.807) is 0 Å². The van der Waals surface area contributed by atoms with Gasteiger partial charge in [-0.3, -0.25) is 4.18 Å². The molecule has 3 aromatic heterocycles. The molecule has 712 valence electrons. The number of unbranched alkanes of at least 4 members (excludes halogenated alkanes) is 36. The number of aromatic amines is 2. The maximum Gasteiger partial charge on any atom is 0.264 e. The van der Waals surface area contributed by atoms with Gasteiger partial charge in [-0.1, -0.05) is 299 Å². The number of hydrogen-bond donors (Lipinski definition) is 2. The van der Waals surface area contributed by atoms with Crippen LogP contribution in [-0.4, -0.2) is 107 Å². The summed E-state index contributed by atoms with van der Waals surface area (Å²) in [5.74, 6) is 6.62. The van der Waals surface area contributed by atoms with Gasteiger partial charge in [0, 0.05) is 44.3 Å². The number of aromatic nitrogens is 4. The van der Waals surface area contributed by atoms with Crippen LogP contribution in [0, 0.1) is 0 Å². The number of benzene rings is 4. The summed E-state index contributed by atoms with van der Waals surface area (Å²) in [4.78, 5) is 20.2. The summed E-state index contributed by atoms with van der Waals surface area (Å²) < 4.78 is 97.7. The zero-order valence-electron chi connectivity index (χ0n) is 81.3. The van der Waals surface area contributed by atoms with E-state index in [2.05, 4.69) is 182 Å². The first-order chi connectivity index (χ1) is 63.4. The van der Waals surface area contributed by atoms with Crippen LogP contribution >= 0.6 is 0 Å². The minimum atomic E-state index is -3.39. The molecule has 0 spiro atoms. The van der Waals surface area contributed by atoms with E-state index in [1.807, 2.05) is 0 Å². The number of hydrogen-bond acceptors (Lipinski definition) is 15. The van der Waals surface area contributed by atoms with Crippen molar-refractivity contribution in [1.82, 2.24) is 19.9 Å². The Morgan fingerprint density at radius 2 is 0.434 bits per heavy atom. The summed E-state index contributed by atoms with van der Waals surface area (Å²) in [6.45, 7) is 25.9. The third-order valence-electron chi connectivity index (χ3n) is 24.2. The van der Waals surface area contributed by atoms with Crippen LogP contribution in [0.2, 0.25) is 0 Å². The van der Waals surface area contributed by atoms with Crippen LogP contribution in [-0.2, 0) is 14.3 Å². The third-order valence-corrected chi connectivity index (χ3v) is 24.8. The molecule has 0 amide bonds. The molecule has 4 aromatic carbocycles. The summed E-state index contributed by atoms with van der Waals surface area (Å²) in [5.41, 5.74) is 13.3. The lowest BCUT2D eigenvalue weighted by Crippen LogP contribution is -2.07. The highest BCUT2D eigenvalue weighted by atomic mass is 32.2. The monoisotopic (exact) mass is 1790 g/mol. The molecule has 18 heteroatoms. The molecule has 8 bridgehead atoms. The average molecular weight is 1790 g/mol. The van der Waals surface area contributed by atoms with E-state index in [4.69, 9.17) is 61.5 Å². The van der Waals surface area contributed by atoms with Crippen LogP contribution in [0.3, 0.4) is 0 Å². The molecule has 0 saturated heterocycles. The van der Waals surface area contributed by atoms with Crippen LogP contribution in [0.1, 0.15) is 380 Å². The Bertz CT molecular complexity index is 4500. The summed E-state index contributed by atoms with van der Waals surface area (Å²) >= 11 is 0. The minimum Gasteiger partial charge on any atom is -0.494 e. The van der Waals surface area contributed by atoms with E-state index in [0.29, 0.717) is 118 Å². The maximum atomic E-state index is 11.4. The Morgan fingerprint density at radius 1 is 0.233 bits per heavy atom. The number of H-pyrrole nitrogens is 2. The summed E-state index contributed by atoms with van der Waals surface area (Å²) in [7, 11) is -3.39. The normalized spacial score (nSPS) is 11.9. The van der Waals surface area contributed by atoms with Crippen LogP contribution in [0.15, 0.2) is 84.9 Å². The standard InChI is InChI=1S/C111H164N4O13S/c1-11-20-29-46-70-119-99-80-87(81-100(120-71-47-30-21-12-2)109(99)125-76-52-35-26-17-7)106-93-63-61-91(112-93)105(86-57-59-90(60-58-86)118-69-55-44-42-40-38-39-41-43-45-56-79-128-129(10,116)117)92-62-64-94(113-92)107(88-82-101(121-72-48-31-22-13-3)110(126-77-53-36-27-18-8)102(83-88)122-73-49-32-23-14-4)96-66-68-98(115-96)108(97-67-65-95(106)114-97)89-84-103(123-74-50-33-24-15-5)111(127-78-54-37-28-19-9)104(85-89)124-75-51-34-25-16-6/h57-68,80-85,112,115H,11-56,69-79H2,1-10H3. The Hall–Kier alpha value is -8.61. The van der Waals surface area contributed by atoms with E-state index in [0.717, 1.165) is 377 Å². The second-order valence-electron chi connectivity index (χ2n) is 35.5. The fourth-order valence-corrected chi connectivity index (χ4v) is 17.2. The second kappa shape index (κ2) is 61.2. The van der Waals surface area contributed by atoms with Crippen LogP contribution in [0.5, 0.6) is 57.5 Å². The molecule has 17 nitrogen and oxygen atoms in total. The molecule has 2 aliphatic heterocycles. The lowest BCUT2D eigenvalue weighted by atomic mass is 10.0. The highest BCUT2D eigenvalue weighted by molar-refractivity contribution is 7.86. The first-order valence-corrected chi connectivity index (χ1v) is 53.1. The molecule has 0 saturated carbocycles. The Balaban J connectivity index is 1.35. The van der Waals surface area contributed by atoms with Crippen molar-refractivity contribution in [2.45, 2.75) is 358 Å². The Morgan fingerprint density at radius 3 is 0.667 bits per heavy atom. The highest BCUT2D eigenvalue weighted by Gasteiger charge is 2.27. The van der Waals surface area contributed by atoms with Crippen molar-refractivity contribution in [2.75, 3.05) is 78.9 Å². The summed E-state index contributed by atoms with van der Waals surface area (Å²) in [5, 5.41) is 0. The van der Waals surface area contributed by atoms with Crippen molar-refractivity contribution in [2.24, 2.45) is 0 Å². The van der Waals surface area contributed by atoms with E-state index in [1.165, 1.54) is 19.3 Å². The van der Waals surface area contributed by atoms with Crippen LogP contribution in [0.25, 0.3) is 90.9 Å². The molecule has 0 atom stereocenters. The second-order valence-corrected chi connectivity index (χ2v) is 37.2. The maximum absolute atomic E-state index is 11.4. The Labute approximate surface area is 778 Å². The molecule has 2 aliphatic rings. The molecular formula is C111H164N4O13S. The molecule has 0 aliphatic carbocycles. The van der Waals surface area contributed by atoms with Gasteiger partial charge in [-0.25, -0.2) is 9.97 Å². The van der Waals surface area contributed by atoms with Gasteiger partial charge in [0.1, 0.15) is 5.75 Å². The number of fused-ring (bicyclic) bond motifs is 8. The van der Waals surface area contributed by atoms with Crippen molar-refractivity contribution in [1.29, 1.82) is 0 Å². The van der Waals surface area contributed by atoms with Gasteiger partial charge >= 0.3 is 0 Å². The van der Waals surface area contributed by atoms with Crippen molar-refractivity contribution in [3.8, 4) is 102 Å².